The third kappa shape index (κ3) is 9.73. The molecule has 0 rings (SSSR count). The molecule has 0 aliphatic rings. The Morgan fingerprint density at radius 1 is 0.864 bits per heavy atom. The molecule has 0 fully saturated rings. The number of hydrogen-bond acceptors (Lipinski definition) is 6. The molecule has 0 saturated heterocycles. The first kappa shape index (κ1) is 20.9. The standard InChI is InChI=1S/C16H32N2O4/c1-10(2)8-13(17)15(19)21-7-6-12(5)22-16(20)14(18)9-11(3)4/h10-14H,6-9,17-18H2,1-5H3/t12-,13-,14-/m1/s1. The van der Waals surface area contributed by atoms with Crippen molar-refractivity contribution >= 4 is 11.9 Å². The Bertz CT molecular complexity index is 345. The van der Waals surface area contributed by atoms with E-state index in [2.05, 4.69) is 0 Å². The quantitative estimate of drug-likeness (QED) is 0.593. The van der Waals surface area contributed by atoms with Crippen LogP contribution in [0, 0.1) is 11.8 Å². The van der Waals surface area contributed by atoms with Gasteiger partial charge in [-0.1, -0.05) is 27.7 Å². The predicted octanol–water partition coefficient (Wildman–Crippen LogP) is 1.60. The SMILES string of the molecule is CC(C)C[C@@H](N)C(=O)OCC[C@@H](C)OC(=O)[C@H](N)CC(C)C. The van der Waals surface area contributed by atoms with Crippen LogP contribution in [0.4, 0.5) is 0 Å². The lowest BCUT2D eigenvalue weighted by Crippen LogP contribution is -2.36. The molecule has 0 unspecified atom stereocenters. The number of esters is 2. The van der Waals surface area contributed by atoms with Crippen LogP contribution >= 0.6 is 0 Å². The monoisotopic (exact) mass is 316 g/mol. The Labute approximate surface area is 133 Å². The normalized spacial score (nSPS) is 15.5. The molecule has 6 nitrogen and oxygen atoms in total. The number of carbonyl (C=O) groups is 2. The molecule has 130 valence electrons. The first-order chi connectivity index (χ1) is 10.1. The molecule has 22 heavy (non-hydrogen) atoms. The van der Waals surface area contributed by atoms with E-state index in [-0.39, 0.29) is 12.7 Å². The van der Waals surface area contributed by atoms with Gasteiger partial charge in [-0.15, -0.1) is 0 Å². The largest absolute Gasteiger partial charge is 0.464 e. The van der Waals surface area contributed by atoms with E-state index in [1.54, 1.807) is 6.92 Å². The maximum Gasteiger partial charge on any atom is 0.323 e. The van der Waals surface area contributed by atoms with Crippen LogP contribution in [-0.2, 0) is 19.1 Å². The van der Waals surface area contributed by atoms with Crippen molar-refractivity contribution in [3.8, 4) is 0 Å². The molecule has 0 spiro atoms. The Hall–Kier alpha value is -1.14. The fourth-order valence-corrected chi connectivity index (χ4v) is 1.99. The van der Waals surface area contributed by atoms with E-state index in [0.717, 1.165) is 0 Å². The van der Waals surface area contributed by atoms with Crippen LogP contribution in [0.2, 0.25) is 0 Å². The van der Waals surface area contributed by atoms with Gasteiger partial charge >= 0.3 is 11.9 Å². The van der Waals surface area contributed by atoms with E-state index >= 15 is 0 Å². The van der Waals surface area contributed by atoms with Gasteiger partial charge in [0.1, 0.15) is 18.2 Å². The van der Waals surface area contributed by atoms with Gasteiger partial charge in [0.15, 0.2) is 0 Å². The average Bonchev–Trinajstić information content (AvgIpc) is 2.36. The maximum atomic E-state index is 11.7. The van der Waals surface area contributed by atoms with Crippen LogP contribution in [0.5, 0.6) is 0 Å². The number of carbonyl (C=O) groups excluding carboxylic acids is 2. The zero-order valence-corrected chi connectivity index (χ0v) is 14.5. The van der Waals surface area contributed by atoms with Crippen molar-refractivity contribution < 1.29 is 19.1 Å². The highest BCUT2D eigenvalue weighted by molar-refractivity contribution is 5.76. The molecule has 0 saturated carbocycles. The summed E-state index contributed by atoms with van der Waals surface area (Å²) in [6, 6.07) is -1.21. The van der Waals surface area contributed by atoms with Crippen molar-refractivity contribution in [2.45, 2.75) is 72.1 Å². The van der Waals surface area contributed by atoms with Gasteiger partial charge in [0.25, 0.3) is 0 Å². The Kier molecular flexibility index (Phi) is 10.0. The molecule has 0 aromatic carbocycles. The number of rotatable bonds is 10. The van der Waals surface area contributed by atoms with Crippen molar-refractivity contribution in [2.24, 2.45) is 23.3 Å². The van der Waals surface area contributed by atoms with E-state index in [1.165, 1.54) is 0 Å². The summed E-state index contributed by atoms with van der Waals surface area (Å²) in [7, 11) is 0. The summed E-state index contributed by atoms with van der Waals surface area (Å²) in [4.78, 5) is 23.4. The number of nitrogens with two attached hydrogens (primary N) is 2. The summed E-state index contributed by atoms with van der Waals surface area (Å²) in [5.74, 6) is -0.154. The van der Waals surface area contributed by atoms with Crippen molar-refractivity contribution in [3.63, 3.8) is 0 Å². The molecule has 6 heteroatoms. The van der Waals surface area contributed by atoms with Crippen molar-refractivity contribution in [1.82, 2.24) is 0 Å². The van der Waals surface area contributed by atoms with Crippen LogP contribution in [0.15, 0.2) is 0 Å². The lowest BCUT2D eigenvalue weighted by molar-refractivity contribution is -0.152. The van der Waals surface area contributed by atoms with Gasteiger partial charge in [0.2, 0.25) is 0 Å². The second kappa shape index (κ2) is 10.6. The fourth-order valence-electron chi connectivity index (χ4n) is 1.99. The summed E-state index contributed by atoms with van der Waals surface area (Å²) in [6.07, 6.45) is 1.26. The third-order valence-corrected chi connectivity index (χ3v) is 3.14. The second-order valence-electron chi connectivity index (χ2n) is 6.68. The molecule has 0 aromatic rings. The smallest absolute Gasteiger partial charge is 0.323 e. The summed E-state index contributed by atoms with van der Waals surface area (Å²) >= 11 is 0. The minimum absolute atomic E-state index is 0.179. The van der Waals surface area contributed by atoms with Gasteiger partial charge < -0.3 is 20.9 Å². The molecule has 0 aliphatic heterocycles. The second-order valence-corrected chi connectivity index (χ2v) is 6.68. The highest BCUT2D eigenvalue weighted by Crippen LogP contribution is 2.08. The lowest BCUT2D eigenvalue weighted by atomic mass is 10.0. The molecule has 0 aromatic heterocycles. The van der Waals surface area contributed by atoms with Crippen LogP contribution in [0.1, 0.15) is 53.9 Å². The zero-order valence-electron chi connectivity index (χ0n) is 14.5. The molecule has 0 aliphatic carbocycles. The van der Waals surface area contributed by atoms with Gasteiger partial charge in [-0.25, -0.2) is 0 Å². The highest BCUT2D eigenvalue weighted by Gasteiger charge is 2.20. The van der Waals surface area contributed by atoms with Crippen LogP contribution in [0.25, 0.3) is 0 Å². The average molecular weight is 316 g/mol. The summed E-state index contributed by atoms with van der Waals surface area (Å²) in [6.45, 7) is 9.91. The van der Waals surface area contributed by atoms with Crippen LogP contribution in [0.3, 0.4) is 0 Å². The van der Waals surface area contributed by atoms with Gasteiger partial charge in [-0.2, -0.15) is 0 Å². The van der Waals surface area contributed by atoms with E-state index in [9.17, 15) is 9.59 Å². The van der Waals surface area contributed by atoms with E-state index in [0.29, 0.717) is 31.1 Å². The Balaban J connectivity index is 3.96. The van der Waals surface area contributed by atoms with Crippen molar-refractivity contribution in [1.29, 1.82) is 0 Å². The maximum absolute atomic E-state index is 11.7. The molecule has 0 bridgehead atoms. The van der Waals surface area contributed by atoms with Crippen LogP contribution < -0.4 is 11.5 Å². The lowest BCUT2D eigenvalue weighted by Gasteiger charge is -2.18. The third-order valence-electron chi connectivity index (χ3n) is 3.14. The minimum atomic E-state index is -0.607. The van der Waals surface area contributed by atoms with Gasteiger partial charge in [0, 0.05) is 6.42 Å². The van der Waals surface area contributed by atoms with Crippen LogP contribution in [-0.4, -0.2) is 36.7 Å². The topological polar surface area (TPSA) is 105 Å². The molecular formula is C16H32N2O4. The Morgan fingerprint density at radius 2 is 1.32 bits per heavy atom. The van der Waals surface area contributed by atoms with Gasteiger partial charge in [-0.05, 0) is 31.6 Å². The summed E-state index contributed by atoms with van der Waals surface area (Å²) in [5.41, 5.74) is 11.5. The van der Waals surface area contributed by atoms with Crippen molar-refractivity contribution in [3.05, 3.63) is 0 Å². The first-order valence-corrected chi connectivity index (χ1v) is 8.01. The molecule has 3 atom stereocenters. The van der Waals surface area contributed by atoms with E-state index < -0.39 is 24.0 Å². The minimum Gasteiger partial charge on any atom is -0.464 e. The summed E-state index contributed by atoms with van der Waals surface area (Å²) < 4.78 is 10.3. The van der Waals surface area contributed by atoms with E-state index in [1.807, 2.05) is 27.7 Å². The fraction of sp³-hybridized carbons (Fsp3) is 0.875. The molecule has 0 amide bonds. The number of ether oxygens (including phenoxy) is 2. The van der Waals surface area contributed by atoms with E-state index in [4.69, 9.17) is 20.9 Å². The molecule has 0 heterocycles. The van der Waals surface area contributed by atoms with Crippen molar-refractivity contribution in [2.75, 3.05) is 6.61 Å². The van der Waals surface area contributed by atoms with Gasteiger partial charge in [0.05, 0.1) is 6.61 Å². The predicted molar refractivity (Wildman–Crippen MR) is 86.0 cm³/mol. The molecule has 4 N–H and O–H groups in total. The molecule has 0 radical (unpaired) electrons. The Morgan fingerprint density at radius 3 is 1.77 bits per heavy atom. The highest BCUT2D eigenvalue weighted by atomic mass is 16.6. The molecular weight excluding hydrogens is 284 g/mol. The number of hydrogen-bond donors (Lipinski definition) is 2. The first-order valence-electron chi connectivity index (χ1n) is 8.01. The summed E-state index contributed by atoms with van der Waals surface area (Å²) in [5, 5.41) is 0. The zero-order chi connectivity index (χ0) is 17.3. The van der Waals surface area contributed by atoms with Gasteiger partial charge in [-0.3, -0.25) is 9.59 Å².